The third-order valence-corrected chi connectivity index (χ3v) is 2.66. The number of methoxy groups -OCH3 is 1. The van der Waals surface area contributed by atoms with Gasteiger partial charge in [0, 0.05) is 7.11 Å². The zero-order valence-corrected chi connectivity index (χ0v) is 10.9. The van der Waals surface area contributed by atoms with Gasteiger partial charge in [-0.3, -0.25) is 0 Å². The average molecular weight is 257 g/mol. The largest absolute Gasteiger partial charge is 0.464 e. The minimum Gasteiger partial charge on any atom is -0.464 e. The summed E-state index contributed by atoms with van der Waals surface area (Å²) in [7, 11) is 1.64. The van der Waals surface area contributed by atoms with Gasteiger partial charge in [-0.15, -0.1) is 0 Å². The molecule has 2 aromatic heterocycles. The van der Waals surface area contributed by atoms with Gasteiger partial charge in [0.1, 0.15) is 29.3 Å². The van der Waals surface area contributed by atoms with E-state index >= 15 is 0 Å². The molecule has 0 aliphatic heterocycles. The van der Waals surface area contributed by atoms with Gasteiger partial charge in [-0.05, 0) is 31.2 Å². The number of pyridine rings is 1. The van der Waals surface area contributed by atoms with Crippen LogP contribution < -0.4 is 5.32 Å². The summed E-state index contributed by atoms with van der Waals surface area (Å²) in [5.74, 6) is 1.67. The Morgan fingerprint density at radius 2 is 2.26 bits per heavy atom. The first-order valence-electron chi connectivity index (χ1n) is 5.91. The molecule has 0 saturated carbocycles. The molecule has 0 aliphatic carbocycles. The second-order valence-corrected chi connectivity index (χ2v) is 4.14. The highest BCUT2D eigenvalue weighted by atomic mass is 16.5. The van der Waals surface area contributed by atoms with Gasteiger partial charge < -0.3 is 14.5 Å². The highest BCUT2D eigenvalue weighted by Gasteiger charge is 2.15. The van der Waals surface area contributed by atoms with Crippen LogP contribution in [-0.4, -0.2) is 18.7 Å². The van der Waals surface area contributed by atoms with Crippen molar-refractivity contribution in [3.8, 4) is 6.07 Å². The summed E-state index contributed by atoms with van der Waals surface area (Å²) in [6.07, 6.45) is 1.62. The fourth-order valence-electron chi connectivity index (χ4n) is 1.75. The van der Waals surface area contributed by atoms with E-state index in [1.807, 2.05) is 31.2 Å². The lowest BCUT2D eigenvalue weighted by molar-refractivity contribution is 0.178. The number of hydrogen-bond acceptors (Lipinski definition) is 5. The van der Waals surface area contributed by atoms with Crippen LogP contribution >= 0.6 is 0 Å². The Labute approximate surface area is 111 Å². The van der Waals surface area contributed by atoms with Crippen molar-refractivity contribution < 1.29 is 9.15 Å². The van der Waals surface area contributed by atoms with E-state index < -0.39 is 0 Å². The number of rotatable bonds is 5. The number of nitrogens with one attached hydrogen (secondary N) is 1. The Morgan fingerprint density at radius 1 is 1.42 bits per heavy atom. The lowest BCUT2D eigenvalue weighted by Gasteiger charge is -2.16. The Hall–Kier alpha value is -2.32. The minimum absolute atomic E-state index is 0.0894. The molecule has 0 spiro atoms. The summed E-state index contributed by atoms with van der Waals surface area (Å²) in [4.78, 5) is 4.01. The van der Waals surface area contributed by atoms with E-state index in [0.29, 0.717) is 12.3 Å². The van der Waals surface area contributed by atoms with Gasteiger partial charge in [-0.2, -0.15) is 5.26 Å². The molecule has 0 aromatic carbocycles. The van der Waals surface area contributed by atoms with Gasteiger partial charge in [-0.25, -0.2) is 4.98 Å². The smallest absolute Gasteiger partial charge is 0.140 e. The van der Waals surface area contributed by atoms with Gasteiger partial charge in [0.25, 0.3) is 0 Å². The molecule has 0 amide bonds. The van der Waals surface area contributed by atoms with Gasteiger partial charge in [0.2, 0.25) is 0 Å². The lowest BCUT2D eigenvalue weighted by atomic mass is 10.2. The first-order chi connectivity index (χ1) is 9.22. The van der Waals surface area contributed by atoms with Gasteiger partial charge >= 0.3 is 0 Å². The van der Waals surface area contributed by atoms with E-state index in [4.69, 9.17) is 14.4 Å². The summed E-state index contributed by atoms with van der Waals surface area (Å²) in [5.41, 5.74) is 1.21. The molecule has 1 atom stereocenters. The van der Waals surface area contributed by atoms with E-state index in [0.717, 1.165) is 17.2 Å². The van der Waals surface area contributed by atoms with Crippen LogP contribution in [0.15, 0.2) is 34.9 Å². The second-order valence-electron chi connectivity index (χ2n) is 4.14. The molecular weight excluding hydrogens is 242 g/mol. The molecule has 0 radical (unpaired) electrons. The van der Waals surface area contributed by atoms with Crippen LogP contribution in [0.2, 0.25) is 0 Å². The van der Waals surface area contributed by atoms with Crippen LogP contribution in [0.3, 0.4) is 0 Å². The molecular formula is C14H15N3O2. The number of aromatic nitrogens is 1. The monoisotopic (exact) mass is 257 g/mol. The fraction of sp³-hybridized carbons (Fsp3) is 0.286. The van der Waals surface area contributed by atoms with E-state index in [9.17, 15) is 0 Å². The van der Waals surface area contributed by atoms with Crippen molar-refractivity contribution >= 4 is 5.69 Å². The minimum atomic E-state index is -0.0894. The quantitative estimate of drug-likeness (QED) is 0.891. The van der Waals surface area contributed by atoms with Crippen LogP contribution in [0.5, 0.6) is 0 Å². The summed E-state index contributed by atoms with van der Waals surface area (Å²) in [6.45, 7) is 2.38. The number of nitrogens with zero attached hydrogens (tertiary/aromatic N) is 2. The molecule has 5 nitrogen and oxygen atoms in total. The molecule has 0 unspecified atom stereocenters. The van der Waals surface area contributed by atoms with Crippen molar-refractivity contribution in [1.82, 2.24) is 4.98 Å². The van der Waals surface area contributed by atoms with Crippen LogP contribution in [0.4, 0.5) is 5.69 Å². The first-order valence-corrected chi connectivity index (χ1v) is 5.91. The molecule has 2 heterocycles. The normalized spacial score (nSPS) is 11.8. The maximum absolute atomic E-state index is 8.71. The molecule has 2 aromatic rings. The topological polar surface area (TPSA) is 71.1 Å². The molecule has 98 valence electrons. The summed E-state index contributed by atoms with van der Waals surface area (Å²) in [6, 6.07) is 9.21. The van der Waals surface area contributed by atoms with Gasteiger partial charge in [0.05, 0.1) is 18.5 Å². The van der Waals surface area contributed by atoms with Crippen molar-refractivity contribution in [2.45, 2.75) is 13.0 Å². The van der Waals surface area contributed by atoms with Crippen LogP contribution in [-0.2, 0) is 4.74 Å². The molecule has 1 N–H and O–H groups in total. The standard InChI is InChI=1S/C14H15N3O2/c1-10-3-6-14(19-10)13(9-18-2)17-12-5-4-11(7-15)16-8-12/h3-6,8,13,17H,9H2,1-2H3/t13-/m0/s1. The molecule has 0 aliphatic rings. The van der Waals surface area contributed by atoms with Crippen LogP contribution in [0.25, 0.3) is 0 Å². The average Bonchev–Trinajstić information content (AvgIpc) is 2.86. The number of hydrogen-bond donors (Lipinski definition) is 1. The van der Waals surface area contributed by atoms with E-state index in [1.165, 1.54) is 0 Å². The SMILES string of the molecule is COC[C@H](Nc1ccc(C#N)nc1)c1ccc(C)o1. The molecule has 0 fully saturated rings. The highest BCUT2D eigenvalue weighted by Crippen LogP contribution is 2.21. The number of furan rings is 1. The fourth-order valence-corrected chi connectivity index (χ4v) is 1.75. The van der Waals surface area contributed by atoms with Crippen molar-refractivity contribution in [3.63, 3.8) is 0 Å². The summed E-state index contributed by atoms with van der Waals surface area (Å²) in [5, 5.41) is 12.0. The molecule has 0 saturated heterocycles. The maximum Gasteiger partial charge on any atom is 0.140 e. The number of nitriles is 1. The first kappa shape index (κ1) is 13.1. The van der Waals surface area contributed by atoms with Crippen molar-refractivity contribution in [2.75, 3.05) is 19.0 Å². The Balaban J connectivity index is 2.14. The van der Waals surface area contributed by atoms with Gasteiger partial charge in [-0.1, -0.05) is 0 Å². The number of anilines is 1. The predicted molar refractivity (Wildman–Crippen MR) is 70.6 cm³/mol. The zero-order valence-electron chi connectivity index (χ0n) is 10.9. The van der Waals surface area contributed by atoms with Crippen LogP contribution in [0.1, 0.15) is 23.3 Å². The van der Waals surface area contributed by atoms with Crippen LogP contribution in [0, 0.1) is 18.3 Å². The Kier molecular flexibility index (Phi) is 4.16. The molecule has 19 heavy (non-hydrogen) atoms. The maximum atomic E-state index is 8.71. The Morgan fingerprint density at radius 3 is 2.79 bits per heavy atom. The third-order valence-electron chi connectivity index (χ3n) is 2.66. The lowest BCUT2D eigenvalue weighted by Crippen LogP contribution is -2.15. The van der Waals surface area contributed by atoms with Crippen molar-refractivity contribution in [1.29, 1.82) is 5.26 Å². The van der Waals surface area contributed by atoms with Crippen molar-refractivity contribution in [2.24, 2.45) is 0 Å². The second kappa shape index (κ2) is 6.03. The third kappa shape index (κ3) is 3.33. The number of ether oxygens (including phenoxy) is 1. The number of aryl methyl sites for hydroxylation is 1. The summed E-state index contributed by atoms with van der Waals surface area (Å²) < 4.78 is 10.8. The Bertz CT molecular complexity index is 569. The highest BCUT2D eigenvalue weighted by molar-refractivity contribution is 5.44. The predicted octanol–water partition coefficient (Wildman–Crippen LogP) is 2.65. The van der Waals surface area contributed by atoms with E-state index in [-0.39, 0.29) is 6.04 Å². The van der Waals surface area contributed by atoms with Gasteiger partial charge in [0.15, 0.2) is 0 Å². The zero-order chi connectivity index (χ0) is 13.7. The molecule has 0 bridgehead atoms. The van der Waals surface area contributed by atoms with Crippen molar-refractivity contribution in [3.05, 3.63) is 47.7 Å². The summed E-state index contributed by atoms with van der Waals surface area (Å²) >= 11 is 0. The molecule has 2 rings (SSSR count). The molecule has 5 heteroatoms. The van der Waals surface area contributed by atoms with E-state index in [2.05, 4.69) is 10.3 Å². The van der Waals surface area contributed by atoms with E-state index in [1.54, 1.807) is 19.4 Å².